The fourth-order valence-corrected chi connectivity index (χ4v) is 1.66. The van der Waals surface area contributed by atoms with Crippen LogP contribution in [0, 0.1) is 0 Å². The van der Waals surface area contributed by atoms with Crippen molar-refractivity contribution in [1.29, 1.82) is 0 Å². The molecule has 74 valence electrons. The van der Waals surface area contributed by atoms with Crippen LogP contribution in [0.2, 0.25) is 0 Å². The molecule has 0 bridgehead atoms. The van der Waals surface area contributed by atoms with Crippen LogP contribution in [0.4, 0.5) is 0 Å². The van der Waals surface area contributed by atoms with Crippen molar-refractivity contribution in [2.45, 2.75) is 63.1 Å². The molecular weight excluding hydrogens is 191 g/mol. The highest BCUT2D eigenvalue weighted by Gasteiger charge is 2.13. The fraction of sp³-hybridized carbons (Fsp3) is 1.00. The van der Waals surface area contributed by atoms with Gasteiger partial charge in [-0.05, 0) is 12.8 Å². The van der Waals surface area contributed by atoms with E-state index in [1.807, 2.05) is 0 Å². The standard InChI is InChI=1S/C10H20Cl2/c1-3-5-6-7-8-10(12)9(11)4-2/h9-10H,3-8H2,1-2H3. The lowest BCUT2D eigenvalue weighted by Crippen LogP contribution is -2.13. The Morgan fingerprint density at radius 3 is 2.08 bits per heavy atom. The van der Waals surface area contributed by atoms with Crippen LogP contribution in [-0.4, -0.2) is 10.8 Å². The summed E-state index contributed by atoms with van der Waals surface area (Å²) in [4.78, 5) is 0. The van der Waals surface area contributed by atoms with Crippen molar-refractivity contribution < 1.29 is 0 Å². The van der Waals surface area contributed by atoms with Gasteiger partial charge in [-0.2, -0.15) is 0 Å². The van der Waals surface area contributed by atoms with Crippen molar-refractivity contribution in [3.8, 4) is 0 Å². The quantitative estimate of drug-likeness (QED) is 0.427. The van der Waals surface area contributed by atoms with E-state index in [2.05, 4.69) is 13.8 Å². The third kappa shape index (κ3) is 6.14. The summed E-state index contributed by atoms with van der Waals surface area (Å²) in [5.74, 6) is 0. The van der Waals surface area contributed by atoms with Gasteiger partial charge in [0, 0.05) is 10.8 Å². The maximum atomic E-state index is 6.08. The lowest BCUT2D eigenvalue weighted by molar-refractivity contribution is 0.594. The molecule has 12 heavy (non-hydrogen) atoms. The summed E-state index contributed by atoms with van der Waals surface area (Å²) in [6.07, 6.45) is 7.18. The number of alkyl halides is 2. The zero-order valence-corrected chi connectivity index (χ0v) is 9.67. The molecule has 0 fully saturated rings. The fourth-order valence-electron chi connectivity index (χ4n) is 1.20. The van der Waals surface area contributed by atoms with Crippen molar-refractivity contribution >= 4 is 23.2 Å². The Bertz CT molecular complexity index is 93.8. The molecule has 2 unspecified atom stereocenters. The molecule has 0 aromatic heterocycles. The van der Waals surface area contributed by atoms with Crippen LogP contribution in [0.1, 0.15) is 52.4 Å². The zero-order valence-electron chi connectivity index (χ0n) is 8.15. The highest BCUT2D eigenvalue weighted by Crippen LogP contribution is 2.19. The van der Waals surface area contributed by atoms with Gasteiger partial charge >= 0.3 is 0 Å². The Kier molecular flexibility index (Phi) is 8.59. The van der Waals surface area contributed by atoms with Crippen molar-refractivity contribution in [2.75, 3.05) is 0 Å². The summed E-state index contributed by atoms with van der Waals surface area (Å²) in [6, 6.07) is 0. The predicted octanol–water partition coefficient (Wildman–Crippen LogP) is 4.58. The highest BCUT2D eigenvalue weighted by molar-refractivity contribution is 6.29. The van der Waals surface area contributed by atoms with E-state index in [4.69, 9.17) is 23.2 Å². The van der Waals surface area contributed by atoms with Crippen LogP contribution >= 0.6 is 23.2 Å². The number of rotatable bonds is 7. The first-order valence-corrected chi connectivity index (χ1v) is 5.87. The predicted molar refractivity (Wildman–Crippen MR) is 58.3 cm³/mol. The Morgan fingerprint density at radius 2 is 1.58 bits per heavy atom. The molecule has 0 aromatic carbocycles. The number of hydrogen-bond acceptors (Lipinski definition) is 0. The van der Waals surface area contributed by atoms with E-state index >= 15 is 0 Å². The minimum atomic E-state index is 0.160. The molecule has 0 nitrogen and oxygen atoms in total. The first-order chi connectivity index (χ1) is 5.72. The van der Waals surface area contributed by atoms with Crippen molar-refractivity contribution in [3.05, 3.63) is 0 Å². The minimum Gasteiger partial charge on any atom is -0.121 e. The van der Waals surface area contributed by atoms with Crippen LogP contribution in [0.5, 0.6) is 0 Å². The van der Waals surface area contributed by atoms with Crippen LogP contribution in [-0.2, 0) is 0 Å². The zero-order chi connectivity index (χ0) is 9.40. The lowest BCUT2D eigenvalue weighted by atomic mass is 10.1. The van der Waals surface area contributed by atoms with Gasteiger partial charge in [0.25, 0.3) is 0 Å². The third-order valence-electron chi connectivity index (χ3n) is 2.12. The van der Waals surface area contributed by atoms with E-state index in [0.717, 1.165) is 12.8 Å². The molecule has 0 amide bonds. The van der Waals surface area contributed by atoms with Gasteiger partial charge in [0.2, 0.25) is 0 Å². The van der Waals surface area contributed by atoms with Gasteiger partial charge in [-0.1, -0.05) is 39.5 Å². The molecule has 0 heterocycles. The van der Waals surface area contributed by atoms with Gasteiger partial charge in [-0.25, -0.2) is 0 Å². The molecule has 0 aliphatic rings. The Morgan fingerprint density at radius 1 is 0.917 bits per heavy atom. The average Bonchev–Trinajstić information content (AvgIpc) is 2.10. The summed E-state index contributed by atoms with van der Waals surface area (Å²) < 4.78 is 0. The van der Waals surface area contributed by atoms with Crippen molar-refractivity contribution in [1.82, 2.24) is 0 Å². The third-order valence-corrected chi connectivity index (χ3v) is 3.38. The molecule has 0 aliphatic carbocycles. The molecule has 0 aromatic rings. The number of hydrogen-bond donors (Lipinski definition) is 0. The molecular formula is C10H20Cl2. The van der Waals surface area contributed by atoms with Crippen LogP contribution in [0.3, 0.4) is 0 Å². The number of unbranched alkanes of at least 4 members (excludes halogenated alkanes) is 3. The molecule has 0 N–H and O–H groups in total. The lowest BCUT2D eigenvalue weighted by Gasteiger charge is -2.13. The van der Waals surface area contributed by atoms with E-state index < -0.39 is 0 Å². The topological polar surface area (TPSA) is 0 Å². The van der Waals surface area contributed by atoms with E-state index in [1.54, 1.807) is 0 Å². The summed E-state index contributed by atoms with van der Waals surface area (Å²) in [6.45, 7) is 4.30. The largest absolute Gasteiger partial charge is 0.121 e. The summed E-state index contributed by atoms with van der Waals surface area (Å²) in [5.41, 5.74) is 0. The van der Waals surface area contributed by atoms with Crippen LogP contribution < -0.4 is 0 Å². The summed E-state index contributed by atoms with van der Waals surface area (Å²) in [5, 5.41) is 0.335. The summed E-state index contributed by atoms with van der Waals surface area (Å²) >= 11 is 12.1. The molecule has 0 aliphatic heterocycles. The van der Waals surface area contributed by atoms with Gasteiger partial charge < -0.3 is 0 Å². The molecule has 0 spiro atoms. The normalized spacial score (nSPS) is 16.0. The second-order valence-corrected chi connectivity index (χ2v) is 4.41. The Balaban J connectivity index is 3.24. The molecule has 2 heteroatoms. The van der Waals surface area contributed by atoms with Gasteiger partial charge in [0.15, 0.2) is 0 Å². The minimum absolute atomic E-state index is 0.160. The first-order valence-electron chi connectivity index (χ1n) is 5.00. The smallest absolute Gasteiger partial charge is 0.0499 e. The van der Waals surface area contributed by atoms with Gasteiger partial charge in [0.05, 0.1) is 0 Å². The van der Waals surface area contributed by atoms with E-state index in [1.165, 1.54) is 25.7 Å². The van der Waals surface area contributed by atoms with Crippen LogP contribution in [0.25, 0.3) is 0 Å². The second-order valence-electron chi connectivity index (χ2n) is 3.29. The Labute approximate surface area is 86.6 Å². The number of halogens is 2. The van der Waals surface area contributed by atoms with E-state index in [9.17, 15) is 0 Å². The second kappa shape index (κ2) is 8.19. The van der Waals surface area contributed by atoms with E-state index in [-0.39, 0.29) is 10.8 Å². The molecule has 0 rings (SSSR count). The first kappa shape index (κ1) is 12.6. The molecule has 0 radical (unpaired) electrons. The monoisotopic (exact) mass is 210 g/mol. The average molecular weight is 211 g/mol. The summed E-state index contributed by atoms with van der Waals surface area (Å²) in [7, 11) is 0. The SMILES string of the molecule is CCCCCCC(Cl)C(Cl)CC. The Hall–Kier alpha value is 0.580. The maximum absolute atomic E-state index is 6.08. The van der Waals surface area contributed by atoms with Crippen molar-refractivity contribution in [2.24, 2.45) is 0 Å². The molecule has 0 saturated carbocycles. The van der Waals surface area contributed by atoms with Gasteiger partial charge in [-0.3, -0.25) is 0 Å². The molecule has 0 saturated heterocycles. The molecule has 2 atom stereocenters. The maximum Gasteiger partial charge on any atom is 0.0499 e. The van der Waals surface area contributed by atoms with Crippen LogP contribution in [0.15, 0.2) is 0 Å². The van der Waals surface area contributed by atoms with Crippen molar-refractivity contribution in [3.63, 3.8) is 0 Å². The van der Waals surface area contributed by atoms with Gasteiger partial charge in [-0.15, -0.1) is 23.2 Å². The van der Waals surface area contributed by atoms with E-state index in [0.29, 0.717) is 0 Å². The highest BCUT2D eigenvalue weighted by atomic mass is 35.5. The van der Waals surface area contributed by atoms with Gasteiger partial charge in [0.1, 0.15) is 0 Å².